The lowest BCUT2D eigenvalue weighted by atomic mass is 10.3. The van der Waals surface area contributed by atoms with E-state index in [1.807, 2.05) is 0 Å². The molecular formula is C7H14O4S. The topological polar surface area (TPSA) is 52.6 Å². The minimum Gasteiger partial charge on any atom is -0.502 e. The third kappa shape index (κ3) is 9.45. The minimum atomic E-state index is -3.28. The fourth-order valence-electron chi connectivity index (χ4n) is 0.581. The summed E-state index contributed by atoms with van der Waals surface area (Å²) < 4.78 is 30.2. The Hall–Kier alpha value is -0.550. The van der Waals surface area contributed by atoms with Gasteiger partial charge in [-0.2, -0.15) is 8.42 Å². The molecule has 72 valence electrons. The van der Waals surface area contributed by atoms with Gasteiger partial charge >= 0.3 is 0 Å². The zero-order valence-electron chi connectivity index (χ0n) is 7.15. The van der Waals surface area contributed by atoms with Gasteiger partial charge in [-0.05, 0) is 12.8 Å². The molecule has 0 heterocycles. The lowest BCUT2D eigenvalue weighted by Crippen LogP contribution is -2.04. The maximum absolute atomic E-state index is 10.5. The van der Waals surface area contributed by atoms with Crippen LogP contribution in [0.3, 0.4) is 0 Å². The van der Waals surface area contributed by atoms with Crippen LogP contribution in [0.2, 0.25) is 0 Å². The Bertz CT molecular complexity index is 207. The lowest BCUT2D eigenvalue weighted by Gasteiger charge is -2.00. The van der Waals surface area contributed by atoms with E-state index in [0.29, 0.717) is 13.0 Å². The van der Waals surface area contributed by atoms with E-state index in [4.69, 9.17) is 4.74 Å². The lowest BCUT2D eigenvalue weighted by molar-refractivity contribution is 0.228. The molecular weight excluding hydrogens is 180 g/mol. The van der Waals surface area contributed by atoms with E-state index in [-0.39, 0.29) is 6.61 Å². The zero-order chi connectivity index (χ0) is 9.45. The Balaban J connectivity index is 3.17. The van der Waals surface area contributed by atoms with Crippen LogP contribution >= 0.6 is 0 Å². The molecule has 12 heavy (non-hydrogen) atoms. The van der Waals surface area contributed by atoms with Crippen molar-refractivity contribution >= 4 is 10.1 Å². The number of hydrogen-bond donors (Lipinski definition) is 0. The zero-order valence-corrected chi connectivity index (χ0v) is 7.97. The number of ether oxygens (including phenoxy) is 1. The summed E-state index contributed by atoms with van der Waals surface area (Å²) in [6.07, 6.45) is 3.83. The maximum atomic E-state index is 10.5. The highest BCUT2D eigenvalue weighted by Gasteiger charge is 1.99. The summed E-state index contributed by atoms with van der Waals surface area (Å²) in [6.45, 7) is 4.14. The van der Waals surface area contributed by atoms with Gasteiger partial charge in [-0.1, -0.05) is 6.58 Å². The first-order valence-electron chi connectivity index (χ1n) is 3.63. The molecule has 0 saturated heterocycles. The molecule has 0 aliphatic heterocycles. The fraction of sp³-hybridized carbons (Fsp3) is 0.714. The van der Waals surface area contributed by atoms with Crippen molar-refractivity contribution in [2.45, 2.75) is 12.8 Å². The average Bonchev–Trinajstić information content (AvgIpc) is 1.94. The third-order valence-corrected chi connectivity index (χ3v) is 1.67. The summed E-state index contributed by atoms with van der Waals surface area (Å²) in [5, 5.41) is 0. The molecule has 0 aromatic heterocycles. The molecule has 0 aromatic carbocycles. The van der Waals surface area contributed by atoms with Crippen LogP contribution in [0, 0.1) is 0 Å². The van der Waals surface area contributed by atoms with E-state index < -0.39 is 10.1 Å². The Morgan fingerprint density at radius 1 is 1.33 bits per heavy atom. The van der Waals surface area contributed by atoms with Crippen LogP contribution in [-0.2, 0) is 19.0 Å². The second kappa shape index (κ2) is 6.02. The summed E-state index contributed by atoms with van der Waals surface area (Å²) in [5.41, 5.74) is 0. The van der Waals surface area contributed by atoms with Gasteiger partial charge in [0, 0.05) is 0 Å². The van der Waals surface area contributed by atoms with Crippen LogP contribution in [0.4, 0.5) is 0 Å². The average molecular weight is 194 g/mol. The van der Waals surface area contributed by atoms with E-state index >= 15 is 0 Å². The summed E-state index contributed by atoms with van der Waals surface area (Å²) in [7, 11) is -3.28. The molecule has 0 unspecified atom stereocenters. The molecule has 0 atom stereocenters. The first kappa shape index (κ1) is 11.4. The molecule has 5 heteroatoms. The van der Waals surface area contributed by atoms with Crippen molar-refractivity contribution in [2.24, 2.45) is 0 Å². The van der Waals surface area contributed by atoms with Gasteiger partial charge in [-0.3, -0.25) is 4.18 Å². The van der Waals surface area contributed by atoms with Crippen LogP contribution in [0.15, 0.2) is 12.8 Å². The molecule has 0 aliphatic carbocycles. The predicted octanol–water partition coefficient (Wildman–Crippen LogP) is 0.903. The van der Waals surface area contributed by atoms with Crippen molar-refractivity contribution < 1.29 is 17.3 Å². The molecule has 0 radical (unpaired) electrons. The first-order chi connectivity index (χ1) is 5.56. The highest BCUT2D eigenvalue weighted by Crippen LogP contribution is 1.94. The molecule has 0 bridgehead atoms. The van der Waals surface area contributed by atoms with Gasteiger partial charge in [-0.25, -0.2) is 0 Å². The van der Waals surface area contributed by atoms with Crippen LogP contribution < -0.4 is 0 Å². The van der Waals surface area contributed by atoms with E-state index in [9.17, 15) is 8.42 Å². The number of unbranched alkanes of at least 4 members (excludes halogenated alkanes) is 1. The predicted molar refractivity (Wildman–Crippen MR) is 46.2 cm³/mol. The van der Waals surface area contributed by atoms with E-state index in [1.165, 1.54) is 6.26 Å². The van der Waals surface area contributed by atoms with Crippen LogP contribution in [0.25, 0.3) is 0 Å². The highest BCUT2D eigenvalue weighted by molar-refractivity contribution is 7.85. The number of hydrogen-bond acceptors (Lipinski definition) is 4. The van der Waals surface area contributed by atoms with Crippen LogP contribution in [0.1, 0.15) is 12.8 Å². The second-order valence-corrected chi connectivity index (χ2v) is 3.91. The molecule has 0 amide bonds. The summed E-state index contributed by atoms with van der Waals surface area (Å²) >= 11 is 0. The largest absolute Gasteiger partial charge is 0.502 e. The van der Waals surface area contributed by atoms with Crippen LogP contribution in [-0.4, -0.2) is 27.9 Å². The van der Waals surface area contributed by atoms with Crippen molar-refractivity contribution in [1.29, 1.82) is 0 Å². The summed E-state index contributed by atoms with van der Waals surface area (Å²) in [4.78, 5) is 0. The minimum absolute atomic E-state index is 0.222. The summed E-state index contributed by atoms with van der Waals surface area (Å²) in [6, 6.07) is 0. The Labute approximate surface area is 73.3 Å². The molecule has 0 fully saturated rings. The smallest absolute Gasteiger partial charge is 0.264 e. The van der Waals surface area contributed by atoms with E-state index in [1.54, 1.807) is 0 Å². The molecule has 0 saturated carbocycles. The normalized spacial score (nSPS) is 11.1. The fourth-order valence-corrected chi connectivity index (χ4v) is 1.00. The van der Waals surface area contributed by atoms with E-state index in [2.05, 4.69) is 10.8 Å². The van der Waals surface area contributed by atoms with Gasteiger partial charge in [0.1, 0.15) is 0 Å². The number of rotatable bonds is 7. The highest BCUT2D eigenvalue weighted by atomic mass is 32.2. The first-order valence-corrected chi connectivity index (χ1v) is 5.45. The monoisotopic (exact) mass is 194 g/mol. The Kier molecular flexibility index (Phi) is 5.74. The van der Waals surface area contributed by atoms with Crippen LogP contribution in [0.5, 0.6) is 0 Å². The van der Waals surface area contributed by atoms with Crippen molar-refractivity contribution in [3.63, 3.8) is 0 Å². The molecule has 4 nitrogen and oxygen atoms in total. The molecule has 0 aromatic rings. The molecule has 0 aliphatic rings. The summed E-state index contributed by atoms with van der Waals surface area (Å²) in [5.74, 6) is 0. The van der Waals surface area contributed by atoms with Crippen molar-refractivity contribution in [3.05, 3.63) is 12.8 Å². The quantitative estimate of drug-likeness (QED) is 0.343. The van der Waals surface area contributed by atoms with Gasteiger partial charge < -0.3 is 4.74 Å². The Morgan fingerprint density at radius 3 is 2.42 bits per heavy atom. The van der Waals surface area contributed by atoms with Crippen molar-refractivity contribution in [3.8, 4) is 0 Å². The third-order valence-electron chi connectivity index (χ3n) is 1.07. The van der Waals surface area contributed by atoms with Gasteiger partial charge in [-0.15, -0.1) is 0 Å². The van der Waals surface area contributed by atoms with E-state index in [0.717, 1.165) is 12.7 Å². The van der Waals surface area contributed by atoms with Crippen molar-refractivity contribution in [1.82, 2.24) is 0 Å². The Morgan fingerprint density at radius 2 is 1.92 bits per heavy atom. The van der Waals surface area contributed by atoms with Gasteiger partial charge in [0.15, 0.2) is 0 Å². The van der Waals surface area contributed by atoms with Crippen molar-refractivity contribution in [2.75, 3.05) is 19.5 Å². The van der Waals surface area contributed by atoms with Gasteiger partial charge in [0.25, 0.3) is 10.1 Å². The maximum Gasteiger partial charge on any atom is 0.264 e. The molecule has 0 rings (SSSR count). The SMILES string of the molecule is C=COCCCCOS(C)(=O)=O. The molecule has 0 spiro atoms. The second-order valence-electron chi connectivity index (χ2n) is 2.27. The van der Waals surface area contributed by atoms with Gasteiger partial charge in [0.2, 0.25) is 0 Å². The standard InChI is InChI=1S/C7H14O4S/c1-3-10-6-4-5-7-11-12(2,8)9/h3H,1,4-7H2,2H3. The molecule has 0 N–H and O–H groups in total. The van der Waals surface area contributed by atoms with Gasteiger partial charge in [0.05, 0.1) is 25.7 Å².